The van der Waals surface area contributed by atoms with Crippen molar-refractivity contribution in [3.8, 4) is 0 Å². The van der Waals surface area contributed by atoms with Gasteiger partial charge in [-0.05, 0) is 76.2 Å². The zero-order valence-corrected chi connectivity index (χ0v) is 20.4. The zero-order valence-electron chi connectivity index (χ0n) is 18.0. The van der Waals surface area contributed by atoms with E-state index in [-0.39, 0.29) is 23.4 Å². The maximum Gasteiger partial charge on any atom is 0.181 e. The molecule has 0 aliphatic carbocycles. The monoisotopic (exact) mass is 494 g/mol. The minimum atomic E-state index is -3.32. The Morgan fingerprint density at radius 2 is 1.69 bits per heavy atom. The van der Waals surface area contributed by atoms with Crippen molar-refractivity contribution in [1.29, 1.82) is 0 Å². The second kappa shape index (κ2) is 10.4. The fourth-order valence-corrected chi connectivity index (χ4v) is 6.29. The molecule has 0 atom stereocenters. The highest BCUT2D eigenvalue weighted by molar-refractivity contribution is 7.92. The van der Waals surface area contributed by atoms with Crippen molar-refractivity contribution in [2.24, 2.45) is 0 Å². The molecular weight excluding hydrogens is 467 g/mol. The molecule has 0 saturated carbocycles. The number of sulfone groups is 1. The zero-order chi connectivity index (χ0) is 22.0. The number of hydrogen-bond donors (Lipinski definition) is 0. The molecule has 0 N–H and O–H groups in total. The maximum atomic E-state index is 12.9. The molecule has 1 aliphatic heterocycles. The van der Waals surface area contributed by atoms with Gasteiger partial charge in [-0.15, -0.1) is 12.4 Å². The van der Waals surface area contributed by atoms with Gasteiger partial charge in [0.05, 0.1) is 10.1 Å². The fourth-order valence-electron chi connectivity index (χ4n) is 4.44. The molecule has 5 nitrogen and oxygen atoms in total. The first-order chi connectivity index (χ1) is 14.9. The molecule has 1 saturated heterocycles. The Morgan fingerprint density at radius 3 is 2.34 bits per heavy atom. The molecule has 1 aromatic heterocycles. The van der Waals surface area contributed by atoms with Crippen LogP contribution in [-0.2, 0) is 16.4 Å². The predicted molar refractivity (Wildman–Crippen MR) is 132 cm³/mol. The highest BCUT2D eigenvalue weighted by atomic mass is 35.5. The number of likely N-dealkylation sites (tertiary alicyclic amines) is 1. The average Bonchev–Trinajstić information content (AvgIpc) is 3.14. The molecule has 172 valence electrons. The minimum Gasteiger partial charge on any atom is -0.347 e. The molecule has 0 radical (unpaired) electrons. The quantitative estimate of drug-likeness (QED) is 0.421. The molecule has 1 aliphatic rings. The molecule has 4 rings (SSSR count). The van der Waals surface area contributed by atoms with Crippen molar-refractivity contribution >= 4 is 50.5 Å². The second-order valence-corrected chi connectivity index (χ2v) is 10.9. The van der Waals surface area contributed by atoms with Gasteiger partial charge >= 0.3 is 0 Å². The minimum absolute atomic E-state index is 0. The van der Waals surface area contributed by atoms with Gasteiger partial charge in [0.15, 0.2) is 15.6 Å². The molecular formula is C24H28Cl2N2O3S. The van der Waals surface area contributed by atoms with E-state index in [0.717, 1.165) is 49.1 Å². The van der Waals surface area contributed by atoms with Crippen molar-refractivity contribution < 1.29 is 13.2 Å². The average molecular weight is 495 g/mol. The van der Waals surface area contributed by atoms with E-state index in [1.165, 1.54) is 0 Å². The lowest BCUT2D eigenvalue weighted by Gasteiger charge is -2.31. The first-order valence-corrected chi connectivity index (χ1v) is 12.6. The molecule has 32 heavy (non-hydrogen) atoms. The van der Waals surface area contributed by atoms with Crippen molar-refractivity contribution in [2.45, 2.75) is 42.9 Å². The number of aromatic nitrogens is 1. The molecule has 0 spiro atoms. The number of rotatable bonds is 7. The van der Waals surface area contributed by atoms with E-state index >= 15 is 0 Å². The van der Waals surface area contributed by atoms with Gasteiger partial charge in [0, 0.05) is 34.2 Å². The van der Waals surface area contributed by atoms with Crippen LogP contribution in [0.25, 0.3) is 10.9 Å². The van der Waals surface area contributed by atoms with Crippen LogP contribution in [0.1, 0.15) is 36.5 Å². The normalized spacial score (nSPS) is 15.6. The van der Waals surface area contributed by atoms with Crippen molar-refractivity contribution in [3.63, 3.8) is 0 Å². The number of nitrogens with zero attached hydrogens (tertiary/aromatic N) is 2. The van der Waals surface area contributed by atoms with Gasteiger partial charge in [0.1, 0.15) is 0 Å². The van der Waals surface area contributed by atoms with E-state index in [2.05, 4.69) is 15.5 Å². The number of para-hydroxylation sites is 1. The molecule has 0 bridgehead atoms. The van der Waals surface area contributed by atoms with E-state index in [1.807, 2.05) is 24.4 Å². The number of carbonyl (C=O) groups is 1. The third-order valence-electron chi connectivity index (χ3n) is 6.16. The standard InChI is InChI=1S/C24H27ClN2O3S.ClH/c1-18(28)23-17-27(24-6-3-2-5-22(23)24)14-4-13-26-15-11-21(12-16-26)31(29,30)20-9-7-19(25)8-10-20;/h2-3,5-10,17,21H,4,11-16H2,1H3;1H. The summed E-state index contributed by atoms with van der Waals surface area (Å²) < 4.78 is 27.9. The second-order valence-electron chi connectivity index (χ2n) is 8.20. The van der Waals surface area contributed by atoms with E-state index in [1.54, 1.807) is 31.2 Å². The first kappa shape index (κ1) is 24.8. The molecule has 2 heterocycles. The summed E-state index contributed by atoms with van der Waals surface area (Å²) in [5, 5.41) is 1.21. The third kappa shape index (κ3) is 5.20. The summed E-state index contributed by atoms with van der Waals surface area (Å²) in [4.78, 5) is 14.6. The van der Waals surface area contributed by atoms with Gasteiger partial charge in [0.25, 0.3) is 0 Å². The van der Waals surface area contributed by atoms with Crippen LogP contribution in [0.4, 0.5) is 0 Å². The van der Waals surface area contributed by atoms with Gasteiger partial charge < -0.3 is 9.47 Å². The summed E-state index contributed by atoms with van der Waals surface area (Å²) in [6.07, 6.45) is 4.19. The third-order valence-corrected chi connectivity index (χ3v) is 8.69. The highest BCUT2D eigenvalue weighted by Crippen LogP contribution is 2.26. The summed E-state index contributed by atoms with van der Waals surface area (Å²) in [6.45, 7) is 4.91. The highest BCUT2D eigenvalue weighted by Gasteiger charge is 2.31. The van der Waals surface area contributed by atoms with Crippen LogP contribution in [0, 0.1) is 0 Å². The van der Waals surface area contributed by atoms with Crippen molar-refractivity contribution in [2.75, 3.05) is 19.6 Å². The smallest absolute Gasteiger partial charge is 0.181 e. The van der Waals surface area contributed by atoms with E-state index in [0.29, 0.717) is 22.8 Å². The number of carbonyl (C=O) groups excluding carboxylic acids is 1. The van der Waals surface area contributed by atoms with Crippen LogP contribution in [-0.4, -0.2) is 48.6 Å². The first-order valence-electron chi connectivity index (χ1n) is 10.7. The molecule has 0 unspecified atom stereocenters. The number of hydrogen-bond acceptors (Lipinski definition) is 4. The van der Waals surface area contributed by atoms with Crippen LogP contribution in [0.2, 0.25) is 5.02 Å². The largest absolute Gasteiger partial charge is 0.347 e. The molecule has 3 aromatic rings. The van der Waals surface area contributed by atoms with Crippen LogP contribution in [0.5, 0.6) is 0 Å². The predicted octanol–water partition coefficient (Wildman–Crippen LogP) is 5.25. The van der Waals surface area contributed by atoms with Crippen molar-refractivity contribution in [1.82, 2.24) is 9.47 Å². The Labute approximate surface area is 200 Å². The lowest BCUT2D eigenvalue weighted by Crippen LogP contribution is -2.39. The molecule has 0 amide bonds. The van der Waals surface area contributed by atoms with Gasteiger partial charge in [-0.3, -0.25) is 4.79 Å². The molecule has 2 aromatic carbocycles. The molecule has 8 heteroatoms. The number of Topliss-reactive ketones (excluding diaryl/α,β-unsaturated/α-hetero) is 1. The fraction of sp³-hybridized carbons (Fsp3) is 0.375. The van der Waals surface area contributed by atoms with E-state index in [4.69, 9.17) is 11.6 Å². The van der Waals surface area contributed by atoms with E-state index < -0.39 is 9.84 Å². The van der Waals surface area contributed by atoms with Gasteiger partial charge in [-0.25, -0.2) is 8.42 Å². The summed E-state index contributed by atoms with van der Waals surface area (Å²) >= 11 is 5.89. The molecule has 1 fully saturated rings. The lowest BCUT2D eigenvalue weighted by molar-refractivity contribution is 0.101. The summed E-state index contributed by atoms with van der Waals surface area (Å²) in [5.74, 6) is 0.0823. The Hall–Kier alpha value is -1.86. The van der Waals surface area contributed by atoms with Crippen LogP contribution in [0.15, 0.2) is 59.6 Å². The Bertz CT molecular complexity index is 1180. The SMILES string of the molecule is CC(=O)c1cn(CCCN2CCC(S(=O)(=O)c3ccc(Cl)cc3)CC2)c2ccccc12.Cl. The van der Waals surface area contributed by atoms with Crippen LogP contribution >= 0.6 is 24.0 Å². The van der Waals surface area contributed by atoms with Crippen LogP contribution in [0.3, 0.4) is 0 Å². The Balaban J connectivity index is 0.00000289. The van der Waals surface area contributed by atoms with Crippen molar-refractivity contribution in [3.05, 3.63) is 65.3 Å². The lowest BCUT2D eigenvalue weighted by atomic mass is 10.1. The van der Waals surface area contributed by atoms with Crippen LogP contribution < -0.4 is 0 Å². The number of piperidine rings is 1. The Morgan fingerprint density at radius 1 is 1.03 bits per heavy atom. The number of ketones is 1. The Kier molecular flexibility index (Phi) is 8.04. The summed E-state index contributed by atoms with van der Waals surface area (Å²) in [6, 6.07) is 14.5. The van der Waals surface area contributed by atoms with Gasteiger partial charge in [-0.2, -0.15) is 0 Å². The summed E-state index contributed by atoms with van der Waals surface area (Å²) in [5.41, 5.74) is 1.85. The summed E-state index contributed by atoms with van der Waals surface area (Å²) in [7, 11) is -3.32. The number of fused-ring (bicyclic) bond motifs is 1. The number of benzene rings is 2. The number of aryl methyl sites for hydroxylation is 1. The van der Waals surface area contributed by atoms with E-state index in [9.17, 15) is 13.2 Å². The van der Waals surface area contributed by atoms with Gasteiger partial charge in [0.2, 0.25) is 0 Å². The maximum absolute atomic E-state index is 12.9. The number of halogens is 2. The topological polar surface area (TPSA) is 59.4 Å². The van der Waals surface area contributed by atoms with Gasteiger partial charge in [-0.1, -0.05) is 29.8 Å².